The predicted molar refractivity (Wildman–Crippen MR) is 229 cm³/mol. The molecule has 0 saturated heterocycles. The number of thiazole rings is 1. The van der Waals surface area contributed by atoms with Crippen LogP contribution in [-0.2, 0) is 0 Å². The Hall–Kier alpha value is -4.72. The maximum absolute atomic E-state index is 4.97. The molecule has 7 aromatic heterocycles. The summed E-state index contributed by atoms with van der Waals surface area (Å²) in [5.41, 5.74) is 1.12. The molecule has 8 rings (SSSR count). The normalized spacial score (nSPS) is 10.6. The lowest BCUT2D eigenvalue weighted by Gasteiger charge is -1.76. The maximum Gasteiger partial charge on any atom is 0.223 e. The molecular weight excluding hydrogens is 789 g/mol. The average Bonchev–Trinajstić information content (AvgIpc) is 4.00. The molecule has 0 saturated carbocycles. The molecule has 0 unspecified atom stereocenters. The van der Waals surface area contributed by atoms with Crippen LogP contribution >= 0.6 is 45.5 Å². The van der Waals surface area contributed by atoms with Crippen molar-refractivity contribution in [1.29, 1.82) is 0 Å². The Balaban J connectivity index is 0.000000320. The quantitative estimate of drug-likeness (QED) is 0.140. The van der Waals surface area contributed by atoms with Crippen LogP contribution in [0.15, 0.2) is 47.9 Å². The van der Waals surface area contributed by atoms with Crippen molar-refractivity contribution in [2.45, 2.75) is 111 Å². The van der Waals surface area contributed by atoms with E-state index in [0.717, 1.165) is 55.6 Å². The fraction of sp³-hybridized carbons (Fsp3) is 0.459. The Morgan fingerprint density at radius 3 is 1.27 bits per heavy atom. The van der Waals surface area contributed by atoms with Crippen molar-refractivity contribution in [3.63, 3.8) is 0 Å². The lowest BCUT2D eigenvalue weighted by atomic mass is 10.4. The summed E-state index contributed by atoms with van der Waals surface area (Å²) in [6.45, 7) is 31.5. The number of hydrogen-bond donors (Lipinski definition) is 0. The molecule has 15 nitrogen and oxygen atoms in total. The highest BCUT2D eigenvalue weighted by Crippen LogP contribution is 2.12. The van der Waals surface area contributed by atoms with Gasteiger partial charge in [-0.25, -0.2) is 19.9 Å². The fourth-order valence-electron chi connectivity index (χ4n) is 3.66. The second-order valence-corrected chi connectivity index (χ2v) is 17.0. The van der Waals surface area contributed by atoms with Crippen LogP contribution in [0, 0.1) is 96.9 Å². The van der Waals surface area contributed by atoms with E-state index in [1.54, 1.807) is 56.6 Å². The third-order valence-corrected chi connectivity index (χ3v) is 8.96. The molecule has 0 N–H and O–H groups in total. The van der Waals surface area contributed by atoms with Crippen LogP contribution in [0.5, 0.6) is 0 Å². The van der Waals surface area contributed by atoms with Crippen LogP contribution in [0.4, 0.5) is 0 Å². The minimum atomic E-state index is 0.623. The van der Waals surface area contributed by atoms with E-state index in [2.05, 4.69) is 97.3 Å². The molecule has 8 heterocycles. The Bertz CT molecular complexity index is 1660. The third kappa shape index (κ3) is 25.4. The van der Waals surface area contributed by atoms with Crippen molar-refractivity contribution in [1.82, 2.24) is 49.9 Å². The number of oxazole rings is 1. The molecule has 0 aliphatic carbocycles. The molecule has 0 spiro atoms. The number of amidine groups is 1. The topological polar surface area (TPSA) is 193 Å². The molecule has 1 aliphatic heterocycles. The van der Waals surface area contributed by atoms with Gasteiger partial charge in [-0.3, -0.25) is 4.99 Å². The van der Waals surface area contributed by atoms with Gasteiger partial charge in [-0.1, -0.05) is 5.16 Å². The summed E-state index contributed by atoms with van der Waals surface area (Å²) in [7, 11) is 0. The zero-order chi connectivity index (χ0) is 42.2. The van der Waals surface area contributed by atoms with Crippen LogP contribution in [0.1, 0.15) is 89.5 Å². The van der Waals surface area contributed by atoms with Crippen LogP contribution in [0.3, 0.4) is 0 Å². The van der Waals surface area contributed by atoms with Crippen molar-refractivity contribution in [2.24, 2.45) is 9.98 Å². The smallest absolute Gasteiger partial charge is 0.223 e. The number of aromatic nitrogens is 10. The number of hydrogen-bond acceptors (Lipinski definition) is 19. The second kappa shape index (κ2) is 27.0. The lowest BCUT2D eigenvalue weighted by Crippen LogP contribution is -1.87. The van der Waals surface area contributed by atoms with Crippen molar-refractivity contribution in [3.8, 4) is 0 Å². The molecular formula is C37H54N12O3S4. The van der Waals surface area contributed by atoms with E-state index in [0.29, 0.717) is 23.5 Å². The van der Waals surface area contributed by atoms with Gasteiger partial charge in [0.2, 0.25) is 17.7 Å². The number of aliphatic imine (C=N–C) groups is 2. The number of thiophene rings is 1. The Labute approximate surface area is 346 Å². The zero-order valence-electron chi connectivity index (χ0n) is 35.2. The number of nitrogens with zero attached hydrogens (tertiary/aromatic N) is 12. The summed E-state index contributed by atoms with van der Waals surface area (Å²) < 4.78 is 18.4. The average molecular weight is 843 g/mol. The van der Waals surface area contributed by atoms with E-state index in [1.807, 2.05) is 79.8 Å². The molecule has 0 fully saturated rings. The molecule has 0 radical (unpaired) electrons. The highest BCUT2D eigenvalue weighted by atomic mass is 32.1. The lowest BCUT2D eigenvalue weighted by molar-refractivity contribution is 0.389. The number of aryl methyl sites for hydroxylation is 14. The van der Waals surface area contributed by atoms with Gasteiger partial charge in [0.15, 0.2) is 11.7 Å². The van der Waals surface area contributed by atoms with E-state index >= 15 is 0 Å². The van der Waals surface area contributed by atoms with Gasteiger partial charge >= 0.3 is 0 Å². The molecule has 19 heteroatoms. The first-order valence-corrected chi connectivity index (χ1v) is 20.5. The first-order valence-electron chi connectivity index (χ1n) is 17.2. The van der Waals surface area contributed by atoms with Gasteiger partial charge in [-0.05, 0) is 107 Å². The van der Waals surface area contributed by atoms with Gasteiger partial charge in [-0.15, -0.1) is 54.4 Å². The molecule has 0 atom stereocenters. The monoisotopic (exact) mass is 842 g/mol. The fourth-order valence-corrected chi connectivity index (χ4v) is 6.19. The molecule has 304 valence electrons. The van der Waals surface area contributed by atoms with E-state index in [1.165, 1.54) is 26.2 Å². The van der Waals surface area contributed by atoms with Crippen molar-refractivity contribution in [2.75, 3.05) is 6.54 Å². The SMILES string of the molecule is CC1=NC(C)=NC1.Cc1ccc(C)s1.Cc1cnc(C)o1.Cc1cnc(C)s1.Cc1nnc(C)o1.Cc1nnc(C)s1.Cc1noc(C)n1.Cc1nsc(C)n1. The highest BCUT2D eigenvalue weighted by molar-refractivity contribution is 7.12. The van der Waals surface area contributed by atoms with Crippen molar-refractivity contribution >= 4 is 57.1 Å². The first-order chi connectivity index (χ1) is 26.3. The van der Waals surface area contributed by atoms with Gasteiger partial charge in [0.25, 0.3) is 0 Å². The van der Waals surface area contributed by atoms with E-state index in [4.69, 9.17) is 8.83 Å². The van der Waals surface area contributed by atoms with Gasteiger partial charge in [-0.2, -0.15) is 9.36 Å². The van der Waals surface area contributed by atoms with Crippen LogP contribution in [0.2, 0.25) is 0 Å². The molecule has 56 heavy (non-hydrogen) atoms. The van der Waals surface area contributed by atoms with Crippen molar-refractivity contribution < 1.29 is 13.4 Å². The van der Waals surface area contributed by atoms with Gasteiger partial charge in [0.1, 0.15) is 32.4 Å². The van der Waals surface area contributed by atoms with Gasteiger partial charge < -0.3 is 13.4 Å². The van der Waals surface area contributed by atoms with E-state index in [9.17, 15) is 0 Å². The summed E-state index contributed by atoms with van der Waals surface area (Å²) in [5.74, 6) is 5.96. The Morgan fingerprint density at radius 1 is 0.518 bits per heavy atom. The second-order valence-electron chi connectivity index (χ2n) is 11.7. The minimum absolute atomic E-state index is 0.623. The largest absolute Gasteiger partial charge is 0.446 e. The maximum atomic E-state index is 4.97. The van der Waals surface area contributed by atoms with Gasteiger partial charge in [0.05, 0.1) is 17.7 Å². The summed E-state index contributed by atoms with van der Waals surface area (Å²) in [6.07, 6.45) is 3.59. The standard InChI is InChI=1S/C6H8S.C5H8N2.C5H7NO.C5H7NS.2C4H6N2O.2C4H6N2S/c1-5-3-4-6(2)7-5;3*1-4-3-6-5(2)7-4;1-3-5-6-4(2)7-3;1-3-5-4(2)7-6-3;1-3-5-6-4(2)7-3;1-3-5-4(2)7-6-3/h3-4H,1-2H3;3H2,1-2H3;2*3H,1-2H3;4*1-2H3. The first kappa shape index (κ1) is 49.3. The summed E-state index contributed by atoms with van der Waals surface area (Å²) in [5, 5.41) is 22.6. The molecule has 0 amide bonds. The van der Waals surface area contributed by atoms with Crippen LogP contribution in [-0.4, -0.2) is 68.0 Å². The number of rotatable bonds is 0. The van der Waals surface area contributed by atoms with E-state index in [-0.39, 0.29) is 0 Å². The zero-order valence-corrected chi connectivity index (χ0v) is 38.5. The van der Waals surface area contributed by atoms with Crippen molar-refractivity contribution in [3.05, 3.63) is 100 Å². The molecule has 0 bridgehead atoms. The summed E-state index contributed by atoms with van der Waals surface area (Å²) >= 11 is 6.64. The molecule has 0 aromatic carbocycles. The molecule has 7 aromatic rings. The Kier molecular flexibility index (Phi) is 23.7. The summed E-state index contributed by atoms with van der Waals surface area (Å²) in [6, 6.07) is 4.28. The molecule has 1 aliphatic rings. The van der Waals surface area contributed by atoms with Crippen LogP contribution < -0.4 is 0 Å². The van der Waals surface area contributed by atoms with Gasteiger partial charge in [0, 0.05) is 54.2 Å². The van der Waals surface area contributed by atoms with Crippen LogP contribution in [0.25, 0.3) is 0 Å². The van der Waals surface area contributed by atoms with E-state index < -0.39 is 0 Å². The Morgan fingerprint density at radius 2 is 1.12 bits per heavy atom. The predicted octanol–water partition coefficient (Wildman–Crippen LogP) is 9.98. The minimum Gasteiger partial charge on any atom is -0.446 e. The highest BCUT2D eigenvalue weighted by Gasteiger charge is 1.97. The summed E-state index contributed by atoms with van der Waals surface area (Å²) in [4.78, 5) is 27.9. The third-order valence-electron chi connectivity index (χ3n) is 5.75.